The van der Waals surface area contributed by atoms with Crippen molar-refractivity contribution < 1.29 is 4.79 Å². The molecule has 1 heterocycles. The number of amides is 1. The van der Waals surface area contributed by atoms with Gasteiger partial charge in [0.1, 0.15) is 0 Å². The van der Waals surface area contributed by atoms with Gasteiger partial charge in [-0.2, -0.15) is 0 Å². The standard InChI is InChI=1S/C12H23N3O.2ClH/c1-10(13)2-5-12(16)15-8-6-14(7-9-15)11-3-4-11;;/h10-11H,2-9,13H2,1H3;2*1H. The molecule has 4 nitrogen and oxygen atoms in total. The van der Waals surface area contributed by atoms with E-state index < -0.39 is 0 Å². The van der Waals surface area contributed by atoms with Crippen LogP contribution in [0, 0.1) is 0 Å². The third-order valence-corrected chi connectivity index (χ3v) is 3.54. The Labute approximate surface area is 122 Å². The largest absolute Gasteiger partial charge is 0.340 e. The Morgan fingerprint density at radius 3 is 2.22 bits per heavy atom. The second kappa shape index (κ2) is 8.20. The normalized spacial score (nSPS) is 21.8. The van der Waals surface area contributed by atoms with E-state index in [1.165, 1.54) is 12.8 Å². The summed E-state index contributed by atoms with van der Waals surface area (Å²) in [5.74, 6) is 0.285. The number of nitrogens with zero attached hydrogens (tertiary/aromatic N) is 2. The molecule has 108 valence electrons. The molecule has 1 saturated heterocycles. The van der Waals surface area contributed by atoms with Gasteiger partial charge >= 0.3 is 0 Å². The molecule has 0 bridgehead atoms. The van der Waals surface area contributed by atoms with Crippen LogP contribution in [-0.2, 0) is 4.79 Å². The van der Waals surface area contributed by atoms with Crippen molar-refractivity contribution >= 4 is 30.7 Å². The molecule has 0 aromatic rings. The third kappa shape index (κ3) is 5.31. The fraction of sp³-hybridized carbons (Fsp3) is 0.917. The van der Waals surface area contributed by atoms with Crippen LogP contribution in [-0.4, -0.2) is 54.0 Å². The smallest absolute Gasteiger partial charge is 0.222 e. The maximum atomic E-state index is 11.8. The molecule has 1 aliphatic carbocycles. The first-order valence-corrected chi connectivity index (χ1v) is 6.44. The zero-order valence-corrected chi connectivity index (χ0v) is 12.6. The summed E-state index contributed by atoms with van der Waals surface area (Å²) >= 11 is 0. The van der Waals surface area contributed by atoms with Crippen molar-refractivity contribution in [1.82, 2.24) is 9.80 Å². The second-order valence-corrected chi connectivity index (χ2v) is 5.16. The lowest BCUT2D eigenvalue weighted by Crippen LogP contribution is -2.49. The van der Waals surface area contributed by atoms with Gasteiger partial charge in [-0.15, -0.1) is 24.8 Å². The lowest BCUT2D eigenvalue weighted by molar-refractivity contribution is -0.133. The Morgan fingerprint density at radius 1 is 1.22 bits per heavy atom. The van der Waals surface area contributed by atoms with Gasteiger partial charge in [0, 0.05) is 44.7 Å². The topological polar surface area (TPSA) is 49.6 Å². The number of piperazine rings is 1. The summed E-state index contributed by atoms with van der Waals surface area (Å²) in [4.78, 5) is 16.4. The average molecular weight is 298 g/mol. The number of hydrogen-bond acceptors (Lipinski definition) is 3. The van der Waals surface area contributed by atoms with Crippen LogP contribution in [0.3, 0.4) is 0 Å². The van der Waals surface area contributed by atoms with Gasteiger partial charge in [-0.1, -0.05) is 0 Å². The van der Waals surface area contributed by atoms with Gasteiger partial charge in [-0.25, -0.2) is 0 Å². The SMILES string of the molecule is CC(N)CCC(=O)N1CCN(C2CC2)CC1.Cl.Cl. The number of carbonyl (C=O) groups excluding carboxylic acids is 1. The molecule has 2 rings (SSSR count). The Morgan fingerprint density at radius 2 is 1.78 bits per heavy atom. The summed E-state index contributed by atoms with van der Waals surface area (Å²) < 4.78 is 0. The Hall–Kier alpha value is -0.0300. The van der Waals surface area contributed by atoms with Crippen LogP contribution in [0.2, 0.25) is 0 Å². The van der Waals surface area contributed by atoms with E-state index in [-0.39, 0.29) is 36.8 Å². The molecule has 0 aromatic heterocycles. The van der Waals surface area contributed by atoms with Crippen molar-refractivity contribution in [3.8, 4) is 0 Å². The van der Waals surface area contributed by atoms with E-state index in [1.807, 2.05) is 11.8 Å². The van der Waals surface area contributed by atoms with E-state index >= 15 is 0 Å². The third-order valence-electron chi connectivity index (χ3n) is 3.54. The van der Waals surface area contributed by atoms with E-state index in [9.17, 15) is 4.79 Å². The number of hydrogen-bond donors (Lipinski definition) is 1. The van der Waals surface area contributed by atoms with Crippen molar-refractivity contribution in [2.24, 2.45) is 5.73 Å². The van der Waals surface area contributed by atoms with Crippen molar-refractivity contribution in [2.75, 3.05) is 26.2 Å². The predicted molar refractivity (Wildman–Crippen MR) is 78.6 cm³/mol. The molecule has 0 radical (unpaired) electrons. The Balaban J connectivity index is 0.00000144. The van der Waals surface area contributed by atoms with Crippen molar-refractivity contribution in [2.45, 2.75) is 44.7 Å². The first kappa shape index (κ1) is 18.0. The van der Waals surface area contributed by atoms with Crippen molar-refractivity contribution in [1.29, 1.82) is 0 Å². The highest BCUT2D eigenvalue weighted by atomic mass is 35.5. The van der Waals surface area contributed by atoms with Crippen LogP contribution in [0.25, 0.3) is 0 Å². The summed E-state index contributed by atoms with van der Waals surface area (Å²) in [5.41, 5.74) is 5.66. The highest BCUT2D eigenvalue weighted by molar-refractivity contribution is 5.85. The number of rotatable bonds is 4. The molecule has 1 aliphatic heterocycles. The molecule has 0 spiro atoms. The van der Waals surface area contributed by atoms with Crippen LogP contribution in [0.4, 0.5) is 0 Å². The molecule has 1 atom stereocenters. The van der Waals surface area contributed by atoms with E-state index in [4.69, 9.17) is 5.73 Å². The van der Waals surface area contributed by atoms with Gasteiger partial charge in [0.05, 0.1) is 0 Å². The molecular formula is C12H25Cl2N3O. The predicted octanol–water partition coefficient (Wildman–Crippen LogP) is 1.26. The van der Waals surface area contributed by atoms with Crippen LogP contribution in [0.1, 0.15) is 32.6 Å². The molecule has 1 amide bonds. The quantitative estimate of drug-likeness (QED) is 0.850. The van der Waals surface area contributed by atoms with Gasteiger partial charge in [0.25, 0.3) is 0 Å². The highest BCUT2D eigenvalue weighted by Crippen LogP contribution is 2.27. The summed E-state index contributed by atoms with van der Waals surface area (Å²) in [7, 11) is 0. The maximum absolute atomic E-state index is 11.8. The van der Waals surface area contributed by atoms with E-state index in [2.05, 4.69) is 4.90 Å². The summed E-state index contributed by atoms with van der Waals surface area (Å²) in [6, 6.07) is 0.970. The fourth-order valence-electron chi connectivity index (χ4n) is 2.29. The molecule has 18 heavy (non-hydrogen) atoms. The Bertz CT molecular complexity index is 252. The molecular weight excluding hydrogens is 273 g/mol. The summed E-state index contributed by atoms with van der Waals surface area (Å²) in [6.07, 6.45) is 4.14. The van der Waals surface area contributed by atoms with Gasteiger partial charge < -0.3 is 10.6 Å². The first-order valence-electron chi connectivity index (χ1n) is 6.44. The Kier molecular flexibility index (Phi) is 8.19. The molecule has 1 saturated carbocycles. The lowest BCUT2D eigenvalue weighted by Gasteiger charge is -2.35. The zero-order chi connectivity index (χ0) is 11.5. The molecule has 2 fully saturated rings. The van der Waals surface area contributed by atoms with E-state index in [0.29, 0.717) is 6.42 Å². The molecule has 6 heteroatoms. The molecule has 2 N–H and O–H groups in total. The minimum atomic E-state index is 0. The lowest BCUT2D eigenvalue weighted by atomic mass is 10.1. The first-order chi connectivity index (χ1) is 7.66. The van der Waals surface area contributed by atoms with Crippen LogP contribution in [0.5, 0.6) is 0 Å². The molecule has 0 aromatic carbocycles. The zero-order valence-electron chi connectivity index (χ0n) is 11.0. The van der Waals surface area contributed by atoms with Crippen LogP contribution >= 0.6 is 24.8 Å². The minimum absolute atomic E-state index is 0. The van der Waals surface area contributed by atoms with Crippen molar-refractivity contribution in [3.05, 3.63) is 0 Å². The fourth-order valence-corrected chi connectivity index (χ4v) is 2.29. The second-order valence-electron chi connectivity index (χ2n) is 5.16. The highest BCUT2D eigenvalue weighted by Gasteiger charge is 2.31. The van der Waals surface area contributed by atoms with Crippen molar-refractivity contribution in [3.63, 3.8) is 0 Å². The minimum Gasteiger partial charge on any atom is -0.340 e. The van der Waals surface area contributed by atoms with Crippen LogP contribution < -0.4 is 5.73 Å². The van der Waals surface area contributed by atoms with Gasteiger partial charge in [0.2, 0.25) is 5.91 Å². The van der Waals surface area contributed by atoms with Gasteiger partial charge in [-0.3, -0.25) is 9.69 Å². The summed E-state index contributed by atoms with van der Waals surface area (Å²) in [6.45, 7) is 5.91. The molecule has 1 unspecified atom stereocenters. The number of nitrogens with two attached hydrogens (primary N) is 1. The number of carbonyl (C=O) groups is 1. The summed E-state index contributed by atoms with van der Waals surface area (Å²) in [5, 5.41) is 0. The number of halogens is 2. The molecule has 2 aliphatic rings. The maximum Gasteiger partial charge on any atom is 0.222 e. The monoisotopic (exact) mass is 297 g/mol. The van der Waals surface area contributed by atoms with Crippen LogP contribution in [0.15, 0.2) is 0 Å². The van der Waals surface area contributed by atoms with E-state index in [0.717, 1.165) is 38.6 Å². The van der Waals surface area contributed by atoms with Gasteiger partial charge in [0.15, 0.2) is 0 Å². The average Bonchev–Trinajstić information content (AvgIpc) is 3.10. The van der Waals surface area contributed by atoms with E-state index in [1.54, 1.807) is 0 Å². The van der Waals surface area contributed by atoms with Gasteiger partial charge in [-0.05, 0) is 26.2 Å².